The van der Waals surface area contributed by atoms with Crippen LogP contribution in [0, 0.1) is 0 Å². The number of hydrogen-bond donors (Lipinski definition) is 3. The van der Waals surface area contributed by atoms with Crippen LogP contribution in [0.3, 0.4) is 0 Å². The summed E-state index contributed by atoms with van der Waals surface area (Å²) in [6, 6.07) is 13.9. The van der Waals surface area contributed by atoms with Crippen LogP contribution < -0.4 is 21.6 Å². The van der Waals surface area contributed by atoms with E-state index in [-0.39, 0.29) is 5.69 Å². The zero-order chi connectivity index (χ0) is 18.5. The summed E-state index contributed by atoms with van der Waals surface area (Å²) in [5, 5.41) is 9.28. The Labute approximate surface area is 158 Å². The predicted octanol–water partition coefficient (Wildman–Crippen LogP) is 5.02. The first kappa shape index (κ1) is 18.0. The van der Waals surface area contributed by atoms with Gasteiger partial charge in [-0.25, -0.2) is 9.59 Å². The molecule has 2 amide bonds. The van der Waals surface area contributed by atoms with Crippen molar-refractivity contribution in [1.82, 2.24) is 0 Å². The highest BCUT2D eigenvalue weighted by atomic mass is 79.9. The smallest absolute Gasteiger partial charge is 0.362 e. The molecule has 0 saturated heterocycles. The van der Waals surface area contributed by atoms with Crippen molar-refractivity contribution in [1.29, 1.82) is 0 Å². The number of para-hydroxylation sites is 2. The van der Waals surface area contributed by atoms with Crippen molar-refractivity contribution in [2.75, 3.05) is 22.5 Å². The van der Waals surface area contributed by atoms with E-state index in [1.54, 1.807) is 24.3 Å². The fraction of sp³-hybridized carbons (Fsp3) is 0.158. The number of anilines is 3. The van der Waals surface area contributed by atoms with E-state index in [1.807, 2.05) is 31.2 Å². The number of rotatable bonds is 5. The summed E-state index contributed by atoms with van der Waals surface area (Å²) in [6.45, 7) is 2.68. The molecule has 0 saturated carbocycles. The first-order chi connectivity index (χ1) is 12.6. The first-order valence-electron chi connectivity index (χ1n) is 8.22. The minimum Gasteiger partial charge on any atom is -0.421 e. The first-order valence-corrected chi connectivity index (χ1v) is 9.01. The Morgan fingerprint density at radius 2 is 1.77 bits per heavy atom. The van der Waals surface area contributed by atoms with Crippen LogP contribution in [0.25, 0.3) is 11.0 Å². The highest BCUT2D eigenvalue weighted by molar-refractivity contribution is 9.10. The van der Waals surface area contributed by atoms with E-state index in [4.69, 9.17) is 4.42 Å². The molecule has 6 nitrogen and oxygen atoms in total. The Kier molecular flexibility index (Phi) is 5.58. The zero-order valence-electron chi connectivity index (χ0n) is 14.1. The maximum Gasteiger partial charge on any atom is 0.362 e. The zero-order valence-corrected chi connectivity index (χ0v) is 15.7. The number of hydrogen-bond acceptors (Lipinski definition) is 4. The van der Waals surface area contributed by atoms with Crippen LogP contribution in [-0.2, 0) is 0 Å². The summed E-state index contributed by atoms with van der Waals surface area (Å²) in [4.78, 5) is 24.8. The Morgan fingerprint density at radius 1 is 1.04 bits per heavy atom. The van der Waals surface area contributed by atoms with E-state index in [2.05, 4.69) is 31.9 Å². The van der Waals surface area contributed by atoms with E-state index < -0.39 is 11.7 Å². The van der Waals surface area contributed by atoms with E-state index in [0.29, 0.717) is 23.5 Å². The van der Waals surface area contributed by atoms with Crippen molar-refractivity contribution in [3.8, 4) is 0 Å². The van der Waals surface area contributed by atoms with Crippen LogP contribution in [-0.4, -0.2) is 12.6 Å². The van der Waals surface area contributed by atoms with Crippen molar-refractivity contribution in [3.05, 3.63) is 63.4 Å². The van der Waals surface area contributed by atoms with Gasteiger partial charge in [0, 0.05) is 16.4 Å². The Balaban J connectivity index is 1.95. The number of benzene rings is 2. The molecule has 0 radical (unpaired) electrons. The van der Waals surface area contributed by atoms with Gasteiger partial charge >= 0.3 is 11.7 Å². The molecular formula is C19H18BrN3O3. The van der Waals surface area contributed by atoms with Crippen molar-refractivity contribution < 1.29 is 9.21 Å². The molecule has 0 atom stereocenters. The topological polar surface area (TPSA) is 83.4 Å². The molecule has 1 aromatic heterocycles. The second-order valence-electron chi connectivity index (χ2n) is 5.62. The minimum atomic E-state index is -0.607. The Hall–Kier alpha value is -2.80. The highest BCUT2D eigenvalue weighted by Crippen LogP contribution is 2.29. The summed E-state index contributed by atoms with van der Waals surface area (Å²) in [5.74, 6) is 0. The van der Waals surface area contributed by atoms with Crippen LogP contribution in [0.2, 0.25) is 0 Å². The minimum absolute atomic E-state index is 0.0849. The van der Waals surface area contributed by atoms with Crippen molar-refractivity contribution >= 4 is 50.0 Å². The van der Waals surface area contributed by atoms with Gasteiger partial charge in [-0.1, -0.05) is 31.2 Å². The van der Waals surface area contributed by atoms with E-state index >= 15 is 0 Å². The maximum atomic E-state index is 12.4. The van der Waals surface area contributed by atoms with E-state index in [1.165, 1.54) is 0 Å². The number of carbonyl (C=O) groups excluding carboxylic acids is 1. The lowest BCUT2D eigenvalue weighted by molar-refractivity contribution is 0.262. The molecule has 3 rings (SSSR count). The summed E-state index contributed by atoms with van der Waals surface area (Å²) in [5.41, 5.74) is 1.10. The second kappa shape index (κ2) is 8.05. The molecule has 3 aromatic rings. The molecule has 0 aliphatic heterocycles. The molecule has 0 spiro atoms. The molecule has 26 heavy (non-hydrogen) atoms. The van der Waals surface area contributed by atoms with Gasteiger partial charge < -0.3 is 15.1 Å². The number of halogens is 1. The predicted molar refractivity (Wildman–Crippen MR) is 108 cm³/mol. The molecule has 2 aromatic carbocycles. The molecule has 3 N–H and O–H groups in total. The van der Waals surface area contributed by atoms with Gasteiger partial charge in [-0.3, -0.25) is 5.32 Å². The SMILES string of the molecule is CCCNc1c(NC(=O)Nc2ccccc2Br)c(=O)oc2ccccc12. The number of urea groups is 1. The molecule has 0 unspecified atom stereocenters. The third kappa shape index (κ3) is 3.88. The normalized spacial score (nSPS) is 10.5. The lowest BCUT2D eigenvalue weighted by atomic mass is 10.2. The van der Waals surface area contributed by atoms with Crippen LogP contribution in [0.15, 0.2) is 62.2 Å². The fourth-order valence-electron chi connectivity index (χ4n) is 2.53. The van der Waals surface area contributed by atoms with Gasteiger partial charge in [0.1, 0.15) is 5.58 Å². The summed E-state index contributed by atoms with van der Waals surface area (Å²) < 4.78 is 6.08. The van der Waals surface area contributed by atoms with Gasteiger partial charge in [-0.15, -0.1) is 0 Å². The van der Waals surface area contributed by atoms with Crippen molar-refractivity contribution in [3.63, 3.8) is 0 Å². The van der Waals surface area contributed by atoms with Gasteiger partial charge in [0.25, 0.3) is 0 Å². The molecule has 0 bridgehead atoms. The van der Waals surface area contributed by atoms with Gasteiger partial charge in [0.05, 0.1) is 11.4 Å². The fourth-order valence-corrected chi connectivity index (χ4v) is 2.91. The van der Waals surface area contributed by atoms with Crippen LogP contribution in [0.5, 0.6) is 0 Å². The largest absolute Gasteiger partial charge is 0.421 e. The third-order valence-corrected chi connectivity index (χ3v) is 4.42. The quantitative estimate of drug-likeness (QED) is 0.510. The standard InChI is InChI=1S/C19H18BrN3O3/c1-2-11-21-16-12-7-3-6-10-15(12)26-18(24)17(16)23-19(25)22-14-9-5-4-8-13(14)20/h3-10,21H,2,11H2,1H3,(H2,22,23,25). The Bertz CT molecular complexity index is 1000. The van der Waals surface area contributed by atoms with Crippen molar-refractivity contribution in [2.24, 2.45) is 0 Å². The molecule has 0 aliphatic carbocycles. The number of fused-ring (bicyclic) bond motifs is 1. The number of carbonyl (C=O) groups is 1. The maximum absolute atomic E-state index is 12.4. The van der Waals surface area contributed by atoms with Crippen LogP contribution in [0.1, 0.15) is 13.3 Å². The van der Waals surface area contributed by atoms with Crippen LogP contribution >= 0.6 is 15.9 Å². The van der Waals surface area contributed by atoms with Crippen LogP contribution in [0.4, 0.5) is 21.9 Å². The second-order valence-corrected chi connectivity index (χ2v) is 6.48. The lowest BCUT2D eigenvalue weighted by Crippen LogP contribution is -2.24. The van der Waals surface area contributed by atoms with Gasteiger partial charge in [0.2, 0.25) is 0 Å². The number of nitrogens with one attached hydrogen (secondary N) is 3. The van der Waals surface area contributed by atoms with E-state index in [9.17, 15) is 9.59 Å². The number of amides is 2. The summed E-state index contributed by atoms with van der Waals surface area (Å²) in [7, 11) is 0. The van der Waals surface area contributed by atoms with Gasteiger partial charge in [0.15, 0.2) is 5.69 Å². The average molecular weight is 416 g/mol. The molecule has 1 heterocycles. The lowest BCUT2D eigenvalue weighted by Gasteiger charge is -2.14. The molecule has 7 heteroatoms. The monoisotopic (exact) mass is 415 g/mol. The molecule has 134 valence electrons. The summed E-state index contributed by atoms with van der Waals surface area (Å²) >= 11 is 3.37. The van der Waals surface area contributed by atoms with Crippen molar-refractivity contribution in [2.45, 2.75) is 13.3 Å². The van der Waals surface area contributed by atoms with Gasteiger partial charge in [-0.05, 0) is 46.6 Å². The van der Waals surface area contributed by atoms with Gasteiger partial charge in [-0.2, -0.15) is 0 Å². The third-order valence-electron chi connectivity index (χ3n) is 3.73. The van der Waals surface area contributed by atoms with E-state index in [0.717, 1.165) is 16.3 Å². The molecular weight excluding hydrogens is 398 g/mol. The molecule has 0 aliphatic rings. The molecule has 0 fully saturated rings. The Morgan fingerprint density at radius 3 is 2.54 bits per heavy atom. The average Bonchev–Trinajstić information content (AvgIpc) is 2.63. The highest BCUT2D eigenvalue weighted by Gasteiger charge is 2.17. The summed E-state index contributed by atoms with van der Waals surface area (Å²) in [6.07, 6.45) is 0.872.